The molecule has 3 nitrogen and oxygen atoms in total. The predicted octanol–water partition coefficient (Wildman–Crippen LogP) is 2.06. The number of fused-ring (bicyclic) bond motifs is 1. The van der Waals surface area contributed by atoms with Gasteiger partial charge in [-0.05, 0) is 18.1 Å². The molecule has 1 aliphatic rings. The molecule has 2 rings (SSSR count). The first kappa shape index (κ1) is 10.2. The summed E-state index contributed by atoms with van der Waals surface area (Å²) in [5.74, 6) is -0.325. The maximum Gasteiger partial charge on any atom is 0.338 e. The molecular weight excluding hydrogens is 192 g/mol. The zero-order chi connectivity index (χ0) is 10.8. The highest BCUT2D eigenvalue weighted by Gasteiger charge is 2.33. The molecular formula is C12H14O3. The van der Waals surface area contributed by atoms with E-state index in [1.807, 2.05) is 13.0 Å². The summed E-state index contributed by atoms with van der Waals surface area (Å²) in [6, 6.07) is 7.06. The Kier molecular flexibility index (Phi) is 2.73. The normalized spacial score (nSPS) is 24.5. The summed E-state index contributed by atoms with van der Waals surface area (Å²) in [6.45, 7) is 2.00. The monoisotopic (exact) mass is 206 g/mol. The molecule has 0 saturated carbocycles. The molecule has 0 fully saturated rings. The number of carbonyl (C=O) groups excluding carboxylic acids is 1. The lowest BCUT2D eigenvalue weighted by Crippen LogP contribution is -2.32. The number of benzene rings is 1. The topological polar surface area (TPSA) is 46.5 Å². The Balaban J connectivity index is 2.35. The lowest BCUT2D eigenvalue weighted by molar-refractivity contribution is -0.0323. The highest BCUT2D eigenvalue weighted by atomic mass is 16.6. The molecule has 1 heterocycles. The first-order valence-corrected chi connectivity index (χ1v) is 5.22. The molecule has 0 bridgehead atoms. The number of esters is 1. The van der Waals surface area contributed by atoms with Gasteiger partial charge in [0.15, 0.2) is 0 Å². The van der Waals surface area contributed by atoms with Gasteiger partial charge in [-0.2, -0.15) is 0 Å². The summed E-state index contributed by atoms with van der Waals surface area (Å²) in [4.78, 5) is 11.6. The van der Waals surface area contributed by atoms with Gasteiger partial charge in [-0.15, -0.1) is 0 Å². The van der Waals surface area contributed by atoms with Gasteiger partial charge in [0.25, 0.3) is 0 Å². The molecule has 15 heavy (non-hydrogen) atoms. The van der Waals surface area contributed by atoms with Crippen LogP contribution in [0, 0.1) is 0 Å². The summed E-state index contributed by atoms with van der Waals surface area (Å²) >= 11 is 0. The van der Waals surface area contributed by atoms with Gasteiger partial charge in [-0.3, -0.25) is 0 Å². The van der Waals surface area contributed by atoms with Crippen molar-refractivity contribution in [3.63, 3.8) is 0 Å². The van der Waals surface area contributed by atoms with Crippen molar-refractivity contribution in [2.45, 2.75) is 32.0 Å². The molecule has 3 heteroatoms. The second kappa shape index (κ2) is 4.03. The quantitative estimate of drug-likeness (QED) is 0.753. The summed E-state index contributed by atoms with van der Waals surface area (Å²) in [6.07, 6.45) is 0.509. The van der Waals surface area contributed by atoms with Crippen LogP contribution in [0.5, 0.6) is 0 Å². The maximum atomic E-state index is 11.6. The highest BCUT2D eigenvalue weighted by Crippen LogP contribution is 2.31. The number of cyclic esters (lactones) is 1. The van der Waals surface area contributed by atoms with Crippen molar-refractivity contribution < 1.29 is 14.6 Å². The summed E-state index contributed by atoms with van der Waals surface area (Å²) in [5.41, 5.74) is 1.17. The van der Waals surface area contributed by atoms with E-state index in [1.54, 1.807) is 18.2 Å². The minimum atomic E-state index is -0.682. The van der Waals surface area contributed by atoms with Crippen molar-refractivity contribution >= 4 is 5.97 Å². The lowest BCUT2D eigenvalue weighted by atomic mass is 9.94. The maximum absolute atomic E-state index is 11.6. The van der Waals surface area contributed by atoms with E-state index in [4.69, 9.17) is 4.74 Å². The Bertz CT molecular complexity index is 373. The van der Waals surface area contributed by atoms with Crippen LogP contribution >= 0.6 is 0 Å². The molecule has 2 atom stereocenters. The number of carbonyl (C=O) groups is 1. The highest BCUT2D eigenvalue weighted by molar-refractivity contribution is 5.92. The van der Waals surface area contributed by atoms with E-state index < -0.39 is 12.2 Å². The first-order chi connectivity index (χ1) is 7.24. The molecule has 0 saturated heterocycles. The Morgan fingerprint density at radius 1 is 1.40 bits per heavy atom. The SMILES string of the molecule is CCC[C@H]1OC(=O)c2ccccc2[C@H]1O. The van der Waals surface area contributed by atoms with Crippen molar-refractivity contribution in [3.05, 3.63) is 35.4 Å². The van der Waals surface area contributed by atoms with Gasteiger partial charge in [0.2, 0.25) is 0 Å². The third kappa shape index (κ3) is 1.75. The number of ether oxygens (including phenoxy) is 1. The number of hydrogen-bond donors (Lipinski definition) is 1. The zero-order valence-corrected chi connectivity index (χ0v) is 8.64. The molecule has 1 aromatic carbocycles. The molecule has 0 unspecified atom stereocenters. The van der Waals surface area contributed by atoms with Crippen molar-refractivity contribution in [2.24, 2.45) is 0 Å². The Morgan fingerprint density at radius 3 is 2.87 bits per heavy atom. The predicted molar refractivity (Wildman–Crippen MR) is 55.5 cm³/mol. The minimum absolute atomic E-state index is 0.325. The summed E-state index contributed by atoms with van der Waals surface area (Å²) in [5, 5.41) is 9.99. The second-order valence-electron chi connectivity index (χ2n) is 3.76. The average Bonchev–Trinajstić information content (AvgIpc) is 2.26. The van der Waals surface area contributed by atoms with Crippen LogP contribution in [0.25, 0.3) is 0 Å². The van der Waals surface area contributed by atoms with Crippen LogP contribution in [0.4, 0.5) is 0 Å². The Labute approximate surface area is 88.7 Å². The number of aliphatic hydroxyl groups is 1. The van der Waals surface area contributed by atoms with E-state index in [2.05, 4.69) is 0 Å². The average molecular weight is 206 g/mol. The molecule has 0 aliphatic carbocycles. The molecule has 0 radical (unpaired) electrons. The Hall–Kier alpha value is -1.35. The fraction of sp³-hybridized carbons (Fsp3) is 0.417. The van der Waals surface area contributed by atoms with Gasteiger partial charge in [0.1, 0.15) is 12.2 Å². The zero-order valence-electron chi connectivity index (χ0n) is 8.64. The van der Waals surface area contributed by atoms with Gasteiger partial charge in [-0.1, -0.05) is 31.5 Å². The number of rotatable bonds is 2. The van der Waals surface area contributed by atoms with Crippen molar-refractivity contribution in [1.82, 2.24) is 0 Å². The number of hydrogen-bond acceptors (Lipinski definition) is 3. The van der Waals surface area contributed by atoms with Gasteiger partial charge in [-0.25, -0.2) is 4.79 Å². The smallest absolute Gasteiger partial charge is 0.338 e. The minimum Gasteiger partial charge on any atom is -0.456 e. The fourth-order valence-electron chi connectivity index (χ4n) is 1.91. The van der Waals surface area contributed by atoms with E-state index >= 15 is 0 Å². The van der Waals surface area contributed by atoms with Crippen LogP contribution in [0.3, 0.4) is 0 Å². The van der Waals surface area contributed by atoms with Crippen LogP contribution in [-0.4, -0.2) is 17.2 Å². The molecule has 0 spiro atoms. The molecule has 80 valence electrons. The Morgan fingerprint density at radius 2 is 2.13 bits per heavy atom. The second-order valence-corrected chi connectivity index (χ2v) is 3.76. The van der Waals surface area contributed by atoms with E-state index in [-0.39, 0.29) is 5.97 Å². The van der Waals surface area contributed by atoms with E-state index in [1.165, 1.54) is 0 Å². The standard InChI is InChI=1S/C12H14O3/c1-2-5-10-11(13)8-6-3-4-7-9(8)12(14)15-10/h3-4,6-7,10-11,13H,2,5H2,1H3/t10-,11-/m1/s1. The summed E-state index contributed by atoms with van der Waals surface area (Å²) < 4.78 is 5.18. The van der Waals surface area contributed by atoms with E-state index in [0.29, 0.717) is 17.5 Å². The third-order valence-corrected chi connectivity index (χ3v) is 2.68. The molecule has 1 aliphatic heterocycles. The molecule has 0 amide bonds. The van der Waals surface area contributed by atoms with Crippen LogP contribution in [0.2, 0.25) is 0 Å². The van der Waals surface area contributed by atoms with Crippen LogP contribution in [0.1, 0.15) is 41.8 Å². The van der Waals surface area contributed by atoms with Crippen LogP contribution in [-0.2, 0) is 4.74 Å². The third-order valence-electron chi connectivity index (χ3n) is 2.68. The van der Waals surface area contributed by atoms with Gasteiger partial charge < -0.3 is 9.84 Å². The number of aliphatic hydroxyl groups excluding tert-OH is 1. The first-order valence-electron chi connectivity index (χ1n) is 5.22. The van der Waals surface area contributed by atoms with Gasteiger partial charge in [0.05, 0.1) is 5.56 Å². The van der Waals surface area contributed by atoms with Gasteiger partial charge >= 0.3 is 5.97 Å². The molecule has 0 aromatic heterocycles. The van der Waals surface area contributed by atoms with Crippen LogP contribution < -0.4 is 0 Å². The molecule has 1 aromatic rings. The van der Waals surface area contributed by atoms with Crippen LogP contribution in [0.15, 0.2) is 24.3 Å². The summed E-state index contributed by atoms with van der Waals surface area (Å²) in [7, 11) is 0. The van der Waals surface area contributed by atoms with E-state index in [9.17, 15) is 9.90 Å². The van der Waals surface area contributed by atoms with Gasteiger partial charge in [0, 0.05) is 0 Å². The molecule has 1 N–H and O–H groups in total. The van der Waals surface area contributed by atoms with Crippen molar-refractivity contribution in [2.75, 3.05) is 0 Å². The van der Waals surface area contributed by atoms with Crippen molar-refractivity contribution in [3.8, 4) is 0 Å². The lowest BCUT2D eigenvalue weighted by Gasteiger charge is -2.29. The largest absolute Gasteiger partial charge is 0.456 e. The van der Waals surface area contributed by atoms with E-state index in [0.717, 1.165) is 6.42 Å². The van der Waals surface area contributed by atoms with Crippen molar-refractivity contribution in [1.29, 1.82) is 0 Å². The fourth-order valence-corrected chi connectivity index (χ4v) is 1.91.